The number of hydrogen-bond acceptors (Lipinski definition) is 1. The zero-order chi connectivity index (χ0) is 11.3. The van der Waals surface area contributed by atoms with Gasteiger partial charge in [-0.25, -0.2) is 0 Å². The number of nitrogens with zero attached hydrogens (tertiary/aromatic N) is 1. The summed E-state index contributed by atoms with van der Waals surface area (Å²) in [6.07, 6.45) is 1.05. The van der Waals surface area contributed by atoms with Gasteiger partial charge in [-0.05, 0) is 45.0 Å². The third kappa shape index (κ3) is 4.67. The van der Waals surface area contributed by atoms with Gasteiger partial charge in [0, 0.05) is 11.9 Å². The number of benzene rings is 1. The van der Waals surface area contributed by atoms with Crippen molar-refractivity contribution in [1.82, 2.24) is 4.90 Å². The molecule has 0 spiro atoms. The van der Waals surface area contributed by atoms with Crippen molar-refractivity contribution in [3.63, 3.8) is 0 Å². The molecule has 0 aromatic heterocycles. The van der Waals surface area contributed by atoms with Gasteiger partial charge in [0.1, 0.15) is 0 Å². The monoisotopic (exact) mass is 225 g/mol. The molecule has 1 atom stereocenters. The van der Waals surface area contributed by atoms with E-state index >= 15 is 0 Å². The average Bonchev–Trinajstić information content (AvgIpc) is 2.18. The second-order valence-electron chi connectivity index (χ2n) is 4.23. The number of alkyl halides is 1. The minimum atomic E-state index is 0.268. The second-order valence-corrected chi connectivity index (χ2v) is 4.98. The Hall–Kier alpha value is -0.530. The van der Waals surface area contributed by atoms with Crippen molar-refractivity contribution in [2.45, 2.75) is 32.2 Å². The van der Waals surface area contributed by atoms with Gasteiger partial charge in [0.15, 0.2) is 0 Å². The van der Waals surface area contributed by atoms with Crippen LogP contribution in [0.2, 0.25) is 0 Å². The Balaban J connectivity index is 2.44. The topological polar surface area (TPSA) is 3.24 Å². The average molecular weight is 226 g/mol. The Kier molecular flexibility index (Phi) is 5.13. The first-order valence-electron chi connectivity index (χ1n) is 5.46. The van der Waals surface area contributed by atoms with E-state index in [1.165, 1.54) is 11.1 Å². The third-order valence-corrected chi connectivity index (χ3v) is 2.83. The zero-order valence-electron chi connectivity index (χ0n) is 9.83. The molecule has 15 heavy (non-hydrogen) atoms. The molecule has 0 aliphatic carbocycles. The smallest absolute Gasteiger partial charge is 0.0320 e. The molecule has 0 radical (unpaired) electrons. The van der Waals surface area contributed by atoms with E-state index in [1.54, 1.807) is 0 Å². The van der Waals surface area contributed by atoms with Gasteiger partial charge in [-0.3, -0.25) is 0 Å². The molecule has 1 aromatic carbocycles. The molecule has 0 saturated heterocycles. The highest BCUT2D eigenvalue weighted by molar-refractivity contribution is 6.20. The molecule has 84 valence electrons. The fourth-order valence-electron chi connectivity index (χ4n) is 1.56. The molecule has 2 heteroatoms. The van der Waals surface area contributed by atoms with E-state index in [0.29, 0.717) is 0 Å². The van der Waals surface area contributed by atoms with E-state index < -0.39 is 0 Å². The molecule has 0 heterocycles. The first-order chi connectivity index (χ1) is 7.09. The van der Waals surface area contributed by atoms with E-state index in [0.717, 1.165) is 19.5 Å². The van der Waals surface area contributed by atoms with E-state index in [-0.39, 0.29) is 5.38 Å². The van der Waals surface area contributed by atoms with Crippen LogP contribution in [0.25, 0.3) is 0 Å². The minimum Gasteiger partial charge on any atom is -0.302 e. The van der Waals surface area contributed by atoms with E-state index in [2.05, 4.69) is 43.1 Å². The Labute approximate surface area is 98.0 Å². The molecule has 0 fully saturated rings. The highest BCUT2D eigenvalue weighted by Crippen LogP contribution is 2.10. The van der Waals surface area contributed by atoms with Crippen molar-refractivity contribution in [1.29, 1.82) is 0 Å². The highest BCUT2D eigenvalue weighted by atomic mass is 35.5. The largest absolute Gasteiger partial charge is 0.302 e. The van der Waals surface area contributed by atoms with Gasteiger partial charge >= 0.3 is 0 Å². The summed E-state index contributed by atoms with van der Waals surface area (Å²) in [6, 6.07) is 8.53. The van der Waals surface area contributed by atoms with Crippen molar-refractivity contribution in [2.24, 2.45) is 0 Å². The molecular weight excluding hydrogens is 206 g/mol. The van der Waals surface area contributed by atoms with Crippen LogP contribution in [0.5, 0.6) is 0 Å². The predicted octanol–water partition coefficient (Wildman–Crippen LogP) is 3.44. The molecule has 1 rings (SSSR count). The van der Waals surface area contributed by atoms with Crippen LogP contribution in [-0.2, 0) is 6.54 Å². The summed E-state index contributed by atoms with van der Waals surface area (Å²) in [5, 5.41) is 0.268. The maximum absolute atomic E-state index is 5.93. The Bertz CT molecular complexity index is 296. The summed E-state index contributed by atoms with van der Waals surface area (Å²) in [4.78, 5) is 2.32. The molecule has 0 amide bonds. The molecule has 0 aliphatic heterocycles. The van der Waals surface area contributed by atoms with Crippen molar-refractivity contribution in [3.05, 3.63) is 35.4 Å². The molecule has 0 bridgehead atoms. The predicted molar refractivity (Wildman–Crippen MR) is 67.4 cm³/mol. The Morgan fingerprint density at radius 1 is 1.33 bits per heavy atom. The van der Waals surface area contributed by atoms with Crippen LogP contribution in [-0.4, -0.2) is 23.9 Å². The van der Waals surface area contributed by atoms with E-state index in [9.17, 15) is 0 Å². The van der Waals surface area contributed by atoms with Crippen LogP contribution in [0.1, 0.15) is 24.5 Å². The van der Waals surface area contributed by atoms with Gasteiger partial charge in [-0.2, -0.15) is 0 Å². The second kappa shape index (κ2) is 6.14. The number of hydrogen-bond donors (Lipinski definition) is 0. The number of rotatable bonds is 5. The van der Waals surface area contributed by atoms with Crippen LogP contribution in [0, 0.1) is 6.92 Å². The van der Waals surface area contributed by atoms with Crippen LogP contribution in [0.3, 0.4) is 0 Å². The molecule has 0 aliphatic rings. The van der Waals surface area contributed by atoms with Crippen molar-refractivity contribution < 1.29 is 0 Å². The lowest BCUT2D eigenvalue weighted by Crippen LogP contribution is -2.21. The van der Waals surface area contributed by atoms with Gasteiger partial charge in [0.05, 0.1) is 0 Å². The molecule has 1 aromatic rings. The summed E-state index contributed by atoms with van der Waals surface area (Å²) < 4.78 is 0. The zero-order valence-corrected chi connectivity index (χ0v) is 10.6. The lowest BCUT2D eigenvalue weighted by Gasteiger charge is -2.18. The summed E-state index contributed by atoms with van der Waals surface area (Å²) >= 11 is 5.93. The minimum absolute atomic E-state index is 0.268. The first-order valence-corrected chi connectivity index (χ1v) is 5.90. The third-order valence-electron chi connectivity index (χ3n) is 2.61. The van der Waals surface area contributed by atoms with Crippen molar-refractivity contribution in [2.75, 3.05) is 13.6 Å². The summed E-state index contributed by atoms with van der Waals surface area (Å²) in [5.74, 6) is 0. The van der Waals surface area contributed by atoms with Gasteiger partial charge in [0.2, 0.25) is 0 Å². The standard InChI is InChI=1S/C13H20ClN/c1-11-6-4-5-7-13(11)10-15(3)9-8-12(2)14/h4-7,12H,8-10H2,1-3H3. The lowest BCUT2D eigenvalue weighted by atomic mass is 10.1. The Morgan fingerprint density at radius 2 is 2.00 bits per heavy atom. The molecule has 0 saturated carbocycles. The fourth-order valence-corrected chi connectivity index (χ4v) is 1.65. The van der Waals surface area contributed by atoms with Gasteiger partial charge in [0.25, 0.3) is 0 Å². The van der Waals surface area contributed by atoms with E-state index in [4.69, 9.17) is 11.6 Å². The summed E-state index contributed by atoms with van der Waals surface area (Å²) in [7, 11) is 2.14. The maximum atomic E-state index is 5.93. The van der Waals surface area contributed by atoms with Crippen LogP contribution < -0.4 is 0 Å². The van der Waals surface area contributed by atoms with Crippen LogP contribution >= 0.6 is 11.6 Å². The molecule has 1 nitrogen and oxygen atoms in total. The lowest BCUT2D eigenvalue weighted by molar-refractivity contribution is 0.321. The van der Waals surface area contributed by atoms with Crippen molar-refractivity contribution in [3.8, 4) is 0 Å². The molecule has 0 N–H and O–H groups in total. The highest BCUT2D eigenvalue weighted by Gasteiger charge is 2.04. The molecule has 1 unspecified atom stereocenters. The normalized spacial score (nSPS) is 13.1. The first kappa shape index (κ1) is 12.5. The summed E-state index contributed by atoms with van der Waals surface area (Å²) in [5.41, 5.74) is 2.77. The van der Waals surface area contributed by atoms with Gasteiger partial charge in [-0.15, -0.1) is 11.6 Å². The SMILES string of the molecule is Cc1ccccc1CN(C)CCC(C)Cl. The van der Waals surface area contributed by atoms with Crippen LogP contribution in [0.4, 0.5) is 0 Å². The number of aryl methyl sites for hydroxylation is 1. The van der Waals surface area contributed by atoms with Gasteiger partial charge in [-0.1, -0.05) is 24.3 Å². The maximum Gasteiger partial charge on any atom is 0.0320 e. The quantitative estimate of drug-likeness (QED) is 0.694. The summed E-state index contributed by atoms with van der Waals surface area (Å²) in [6.45, 7) is 6.27. The van der Waals surface area contributed by atoms with Crippen LogP contribution in [0.15, 0.2) is 24.3 Å². The van der Waals surface area contributed by atoms with Crippen molar-refractivity contribution >= 4 is 11.6 Å². The molecular formula is C13H20ClN. The van der Waals surface area contributed by atoms with E-state index in [1.807, 2.05) is 6.92 Å². The Morgan fingerprint density at radius 3 is 2.60 bits per heavy atom. The number of halogens is 1. The van der Waals surface area contributed by atoms with Gasteiger partial charge < -0.3 is 4.90 Å². The fraction of sp³-hybridized carbons (Fsp3) is 0.538.